The minimum absolute atomic E-state index is 0.0915. The second-order valence-electron chi connectivity index (χ2n) is 5.85. The molecule has 0 saturated heterocycles. The van der Waals surface area contributed by atoms with Gasteiger partial charge in [-0.05, 0) is 41.5 Å². The van der Waals surface area contributed by atoms with Gasteiger partial charge in [-0.15, -0.1) is 0 Å². The normalized spacial score (nSPS) is 10.9. The SMILES string of the molecule is N#C/C(=C\c1ccc(OCc2cccc(Cl)c2)cc1)C(=O)c1ccccc1. The first-order valence-corrected chi connectivity index (χ1v) is 8.72. The van der Waals surface area contributed by atoms with Crippen molar-refractivity contribution in [3.05, 3.63) is 106 Å². The van der Waals surface area contributed by atoms with Crippen LogP contribution in [0.25, 0.3) is 6.08 Å². The van der Waals surface area contributed by atoms with Crippen molar-refractivity contribution in [2.45, 2.75) is 6.61 Å². The Morgan fingerprint density at radius 2 is 1.74 bits per heavy atom. The van der Waals surface area contributed by atoms with Crippen LogP contribution in [0.5, 0.6) is 5.75 Å². The zero-order valence-electron chi connectivity index (χ0n) is 14.4. The van der Waals surface area contributed by atoms with Crippen LogP contribution in [0.3, 0.4) is 0 Å². The lowest BCUT2D eigenvalue weighted by atomic mass is 10.0. The lowest BCUT2D eigenvalue weighted by molar-refractivity contribution is 0.104. The van der Waals surface area contributed by atoms with E-state index in [1.165, 1.54) is 0 Å². The predicted octanol–water partition coefficient (Wildman–Crippen LogP) is 5.71. The zero-order valence-corrected chi connectivity index (χ0v) is 15.2. The molecular weight excluding hydrogens is 358 g/mol. The second-order valence-corrected chi connectivity index (χ2v) is 6.29. The van der Waals surface area contributed by atoms with Gasteiger partial charge in [0.05, 0.1) is 0 Å². The van der Waals surface area contributed by atoms with Gasteiger partial charge in [0.15, 0.2) is 0 Å². The maximum Gasteiger partial charge on any atom is 0.203 e. The first-order chi connectivity index (χ1) is 13.2. The molecule has 0 aliphatic heterocycles. The third kappa shape index (κ3) is 5.07. The zero-order chi connectivity index (χ0) is 19.1. The molecule has 27 heavy (non-hydrogen) atoms. The van der Waals surface area contributed by atoms with Gasteiger partial charge in [-0.1, -0.05) is 66.2 Å². The van der Waals surface area contributed by atoms with Crippen molar-refractivity contribution in [1.29, 1.82) is 5.26 Å². The first kappa shape index (κ1) is 18.4. The van der Waals surface area contributed by atoms with E-state index in [0.29, 0.717) is 22.9 Å². The van der Waals surface area contributed by atoms with Gasteiger partial charge < -0.3 is 4.74 Å². The number of hydrogen-bond acceptors (Lipinski definition) is 3. The van der Waals surface area contributed by atoms with E-state index in [0.717, 1.165) is 11.1 Å². The number of benzene rings is 3. The molecule has 0 radical (unpaired) electrons. The number of nitrogens with zero attached hydrogens (tertiary/aromatic N) is 1. The molecular formula is C23H16ClNO2. The van der Waals surface area contributed by atoms with Gasteiger partial charge in [-0.25, -0.2) is 0 Å². The molecule has 0 fully saturated rings. The number of carbonyl (C=O) groups is 1. The molecule has 0 aliphatic carbocycles. The van der Waals surface area contributed by atoms with Crippen LogP contribution in [-0.4, -0.2) is 5.78 Å². The van der Waals surface area contributed by atoms with E-state index in [9.17, 15) is 10.1 Å². The molecule has 0 heterocycles. The number of hydrogen-bond donors (Lipinski definition) is 0. The Morgan fingerprint density at radius 1 is 1.00 bits per heavy atom. The number of carbonyl (C=O) groups excluding carboxylic acids is 1. The van der Waals surface area contributed by atoms with Crippen molar-refractivity contribution in [1.82, 2.24) is 0 Å². The highest BCUT2D eigenvalue weighted by atomic mass is 35.5. The van der Waals surface area contributed by atoms with Crippen molar-refractivity contribution < 1.29 is 9.53 Å². The smallest absolute Gasteiger partial charge is 0.203 e. The fourth-order valence-corrected chi connectivity index (χ4v) is 2.73. The largest absolute Gasteiger partial charge is 0.489 e. The number of halogens is 1. The number of Topliss-reactive ketones (excluding diaryl/α,β-unsaturated/α-hetero) is 1. The van der Waals surface area contributed by atoms with Crippen molar-refractivity contribution in [3.63, 3.8) is 0 Å². The van der Waals surface area contributed by atoms with Gasteiger partial charge in [0.25, 0.3) is 0 Å². The topological polar surface area (TPSA) is 50.1 Å². The number of allylic oxidation sites excluding steroid dienone is 1. The molecule has 132 valence electrons. The van der Waals surface area contributed by atoms with E-state index < -0.39 is 0 Å². The highest BCUT2D eigenvalue weighted by Crippen LogP contribution is 2.18. The Morgan fingerprint density at radius 3 is 2.41 bits per heavy atom. The molecule has 0 N–H and O–H groups in total. The van der Waals surface area contributed by atoms with E-state index in [4.69, 9.17) is 16.3 Å². The van der Waals surface area contributed by atoms with Gasteiger partial charge >= 0.3 is 0 Å². The summed E-state index contributed by atoms with van der Waals surface area (Å²) in [7, 11) is 0. The van der Waals surface area contributed by atoms with E-state index >= 15 is 0 Å². The average Bonchev–Trinajstić information content (AvgIpc) is 2.71. The molecule has 0 bridgehead atoms. The van der Waals surface area contributed by atoms with Crippen LogP contribution < -0.4 is 4.74 Å². The Bertz CT molecular complexity index is 1000. The molecule has 0 amide bonds. The van der Waals surface area contributed by atoms with Crippen LogP contribution >= 0.6 is 11.6 Å². The minimum Gasteiger partial charge on any atom is -0.489 e. The fourth-order valence-electron chi connectivity index (χ4n) is 2.51. The second kappa shape index (κ2) is 8.84. The maximum absolute atomic E-state index is 12.4. The van der Waals surface area contributed by atoms with Crippen LogP contribution in [0.4, 0.5) is 0 Å². The summed E-state index contributed by atoms with van der Waals surface area (Å²) in [6.45, 7) is 0.408. The van der Waals surface area contributed by atoms with E-state index in [-0.39, 0.29) is 11.4 Å². The lowest BCUT2D eigenvalue weighted by Gasteiger charge is -2.07. The summed E-state index contributed by atoms with van der Waals surface area (Å²) in [5.74, 6) is 0.402. The van der Waals surface area contributed by atoms with Crippen molar-refractivity contribution >= 4 is 23.5 Å². The molecule has 3 aromatic carbocycles. The molecule has 4 heteroatoms. The summed E-state index contributed by atoms with van der Waals surface area (Å²) in [5, 5.41) is 10.0. The van der Waals surface area contributed by atoms with Gasteiger partial charge in [-0.3, -0.25) is 4.79 Å². The molecule has 0 spiro atoms. The molecule has 0 aromatic heterocycles. The Hall–Kier alpha value is -3.35. The van der Waals surface area contributed by atoms with Gasteiger partial charge in [0.2, 0.25) is 5.78 Å². The van der Waals surface area contributed by atoms with E-state index in [1.807, 2.05) is 48.5 Å². The average molecular weight is 374 g/mol. The summed E-state index contributed by atoms with van der Waals surface area (Å²) in [6.07, 6.45) is 1.58. The molecule has 3 aromatic rings. The van der Waals surface area contributed by atoms with Crippen LogP contribution in [0, 0.1) is 11.3 Å². The summed E-state index contributed by atoms with van der Waals surface area (Å²) in [4.78, 5) is 12.4. The standard InChI is InChI=1S/C23H16ClNO2/c24-21-8-4-5-18(14-21)16-27-22-11-9-17(10-12-22)13-20(15-25)23(26)19-6-2-1-3-7-19/h1-14H,16H2/b20-13+. The first-order valence-electron chi connectivity index (χ1n) is 8.34. The van der Waals surface area contributed by atoms with Crippen LogP contribution in [-0.2, 0) is 6.61 Å². The van der Waals surface area contributed by atoms with Crippen LogP contribution in [0.15, 0.2) is 84.4 Å². The van der Waals surface area contributed by atoms with Crippen molar-refractivity contribution in [2.75, 3.05) is 0 Å². The molecule has 0 unspecified atom stereocenters. The quantitative estimate of drug-likeness (QED) is 0.316. The molecule has 3 rings (SSSR count). The Labute approximate surface area is 163 Å². The van der Waals surface area contributed by atoms with E-state index in [1.54, 1.807) is 42.5 Å². The molecule has 3 nitrogen and oxygen atoms in total. The van der Waals surface area contributed by atoms with Crippen LogP contribution in [0.2, 0.25) is 5.02 Å². The lowest BCUT2D eigenvalue weighted by Crippen LogP contribution is -2.01. The number of ether oxygens (including phenoxy) is 1. The predicted molar refractivity (Wildman–Crippen MR) is 107 cm³/mol. The highest BCUT2D eigenvalue weighted by molar-refractivity contribution is 6.30. The third-order valence-corrected chi connectivity index (χ3v) is 4.12. The third-order valence-electron chi connectivity index (χ3n) is 3.89. The molecule has 0 saturated carbocycles. The Balaban J connectivity index is 1.69. The fraction of sp³-hybridized carbons (Fsp3) is 0.0435. The van der Waals surface area contributed by atoms with E-state index in [2.05, 4.69) is 0 Å². The summed E-state index contributed by atoms with van der Waals surface area (Å²) in [6, 6.07) is 25.5. The molecule has 0 aliphatic rings. The van der Waals surface area contributed by atoms with Crippen molar-refractivity contribution in [2.24, 2.45) is 0 Å². The van der Waals surface area contributed by atoms with Crippen molar-refractivity contribution in [3.8, 4) is 11.8 Å². The highest BCUT2D eigenvalue weighted by Gasteiger charge is 2.11. The number of nitriles is 1. The summed E-state index contributed by atoms with van der Waals surface area (Å²) >= 11 is 5.96. The van der Waals surface area contributed by atoms with Gasteiger partial charge in [0, 0.05) is 10.6 Å². The monoisotopic (exact) mass is 373 g/mol. The Kier molecular flexibility index (Phi) is 6.04. The number of ketones is 1. The van der Waals surface area contributed by atoms with Gasteiger partial charge in [-0.2, -0.15) is 5.26 Å². The maximum atomic E-state index is 12.4. The summed E-state index contributed by atoms with van der Waals surface area (Å²) in [5.41, 5.74) is 2.32. The summed E-state index contributed by atoms with van der Waals surface area (Å²) < 4.78 is 5.74. The number of rotatable bonds is 6. The van der Waals surface area contributed by atoms with Crippen LogP contribution in [0.1, 0.15) is 21.5 Å². The van der Waals surface area contributed by atoms with Gasteiger partial charge in [0.1, 0.15) is 24.0 Å². The molecule has 0 atom stereocenters. The minimum atomic E-state index is -0.292.